The number of ether oxygens (including phenoxy) is 1. The van der Waals surface area contributed by atoms with Crippen LogP contribution in [0.4, 0.5) is 14.5 Å². The normalized spacial score (nSPS) is 13.6. The SMILES string of the molecule is O=C(Nc1cccc(-c2nc(-c3ccc(OC(F)F)cc3)cs2)c1)C1CC1. The molecule has 0 atom stereocenters. The third-order valence-corrected chi connectivity index (χ3v) is 5.10. The second-order valence-corrected chi connectivity index (χ2v) is 7.14. The van der Waals surface area contributed by atoms with Crippen LogP contribution in [0, 0.1) is 5.92 Å². The van der Waals surface area contributed by atoms with Crippen molar-refractivity contribution in [3.63, 3.8) is 0 Å². The molecule has 27 heavy (non-hydrogen) atoms. The Bertz CT molecular complexity index is 953. The van der Waals surface area contributed by atoms with Crippen LogP contribution in [-0.2, 0) is 4.79 Å². The summed E-state index contributed by atoms with van der Waals surface area (Å²) in [5.41, 5.74) is 3.25. The van der Waals surface area contributed by atoms with E-state index in [0.29, 0.717) is 0 Å². The van der Waals surface area contributed by atoms with E-state index >= 15 is 0 Å². The van der Waals surface area contributed by atoms with E-state index in [4.69, 9.17) is 0 Å². The largest absolute Gasteiger partial charge is 0.435 e. The number of hydrogen-bond acceptors (Lipinski definition) is 4. The molecule has 1 aromatic heterocycles. The zero-order chi connectivity index (χ0) is 18.8. The maximum Gasteiger partial charge on any atom is 0.387 e. The maximum atomic E-state index is 12.2. The summed E-state index contributed by atoms with van der Waals surface area (Å²) in [6.45, 7) is -2.84. The number of nitrogens with one attached hydrogen (secondary N) is 1. The van der Waals surface area contributed by atoms with Crippen LogP contribution in [0.5, 0.6) is 5.75 Å². The maximum absolute atomic E-state index is 12.2. The van der Waals surface area contributed by atoms with Crippen molar-refractivity contribution in [2.45, 2.75) is 19.5 Å². The van der Waals surface area contributed by atoms with Gasteiger partial charge in [-0.2, -0.15) is 8.78 Å². The Morgan fingerprint density at radius 2 is 1.93 bits per heavy atom. The number of carbonyl (C=O) groups excluding carboxylic acids is 1. The average Bonchev–Trinajstić information content (AvgIpc) is 3.39. The van der Waals surface area contributed by atoms with Gasteiger partial charge in [0.1, 0.15) is 10.8 Å². The number of amides is 1. The minimum absolute atomic E-state index is 0.0677. The molecule has 0 unspecified atom stereocenters. The standard InChI is InChI=1S/C20H16F2N2O2S/c21-20(22)26-16-8-6-12(7-9-16)17-11-27-19(24-17)14-2-1-3-15(10-14)23-18(25)13-4-5-13/h1-3,6-11,13,20H,4-5H2,(H,23,25). The number of benzene rings is 2. The third-order valence-electron chi connectivity index (χ3n) is 4.20. The highest BCUT2D eigenvalue weighted by Crippen LogP contribution is 2.33. The van der Waals surface area contributed by atoms with E-state index in [0.717, 1.165) is 40.4 Å². The lowest BCUT2D eigenvalue weighted by Crippen LogP contribution is -2.13. The van der Waals surface area contributed by atoms with E-state index in [1.807, 2.05) is 29.6 Å². The van der Waals surface area contributed by atoms with Gasteiger partial charge in [0, 0.05) is 28.1 Å². The number of aromatic nitrogens is 1. The molecule has 1 aliphatic rings. The van der Waals surface area contributed by atoms with Gasteiger partial charge in [0.15, 0.2) is 0 Å². The number of alkyl halides is 2. The summed E-state index contributed by atoms with van der Waals surface area (Å²) < 4.78 is 28.8. The Morgan fingerprint density at radius 1 is 1.15 bits per heavy atom. The molecule has 1 aliphatic carbocycles. The molecule has 1 heterocycles. The lowest BCUT2D eigenvalue weighted by atomic mass is 10.1. The summed E-state index contributed by atoms with van der Waals surface area (Å²) in [4.78, 5) is 16.6. The molecular weight excluding hydrogens is 370 g/mol. The van der Waals surface area contributed by atoms with Gasteiger partial charge in [-0.1, -0.05) is 12.1 Å². The van der Waals surface area contributed by atoms with Crippen LogP contribution in [0.15, 0.2) is 53.9 Å². The third kappa shape index (κ3) is 4.31. The first-order chi connectivity index (χ1) is 13.1. The van der Waals surface area contributed by atoms with Gasteiger partial charge in [-0.25, -0.2) is 4.98 Å². The topological polar surface area (TPSA) is 51.2 Å². The van der Waals surface area contributed by atoms with E-state index in [-0.39, 0.29) is 17.6 Å². The molecule has 2 aromatic carbocycles. The van der Waals surface area contributed by atoms with Gasteiger partial charge < -0.3 is 10.1 Å². The van der Waals surface area contributed by atoms with Crippen molar-refractivity contribution in [3.8, 4) is 27.6 Å². The number of nitrogens with zero attached hydrogens (tertiary/aromatic N) is 1. The minimum atomic E-state index is -2.84. The second-order valence-electron chi connectivity index (χ2n) is 6.29. The molecule has 1 amide bonds. The molecule has 138 valence electrons. The molecule has 1 saturated carbocycles. The van der Waals surface area contributed by atoms with Crippen LogP contribution in [0.2, 0.25) is 0 Å². The number of hydrogen-bond donors (Lipinski definition) is 1. The van der Waals surface area contributed by atoms with Gasteiger partial charge in [0.05, 0.1) is 5.69 Å². The summed E-state index contributed by atoms with van der Waals surface area (Å²) in [5, 5.41) is 5.67. The van der Waals surface area contributed by atoms with Crippen LogP contribution < -0.4 is 10.1 Å². The first kappa shape index (κ1) is 17.6. The fourth-order valence-electron chi connectivity index (χ4n) is 2.67. The smallest absolute Gasteiger partial charge is 0.387 e. The predicted molar refractivity (Wildman–Crippen MR) is 101 cm³/mol. The highest BCUT2D eigenvalue weighted by atomic mass is 32.1. The molecule has 0 spiro atoms. The summed E-state index contributed by atoms with van der Waals surface area (Å²) >= 11 is 1.48. The molecule has 0 saturated heterocycles. The number of thiazole rings is 1. The Labute approximate surface area is 158 Å². The van der Waals surface area contributed by atoms with E-state index in [2.05, 4.69) is 15.0 Å². The first-order valence-electron chi connectivity index (χ1n) is 8.50. The minimum Gasteiger partial charge on any atom is -0.435 e. The molecule has 7 heteroatoms. The van der Waals surface area contributed by atoms with Crippen LogP contribution in [0.1, 0.15) is 12.8 Å². The van der Waals surface area contributed by atoms with Crippen LogP contribution >= 0.6 is 11.3 Å². The van der Waals surface area contributed by atoms with Crippen molar-refractivity contribution < 1.29 is 18.3 Å². The average molecular weight is 386 g/mol. The molecule has 4 rings (SSSR count). The Kier molecular flexibility index (Phi) is 4.85. The summed E-state index contributed by atoms with van der Waals surface area (Å²) in [7, 11) is 0. The molecule has 3 aromatic rings. The highest BCUT2D eigenvalue weighted by molar-refractivity contribution is 7.13. The Hall–Kier alpha value is -2.80. The Balaban J connectivity index is 1.51. The van der Waals surface area contributed by atoms with E-state index < -0.39 is 6.61 Å². The molecule has 1 N–H and O–H groups in total. The fraction of sp³-hybridized carbons (Fsp3) is 0.200. The van der Waals surface area contributed by atoms with Crippen molar-refractivity contribution >= 4 is 22.9 Å². The van der Waals surface area contributed by atoms with Crippen molar-refractivity contribution in [1.29, 1.82) is 0 Å². The van der Waals surface area contributed by atoms with Crippen LogP contribution in [0.3, 0.4) is 0 Å². The molecule has 1 fully saturated rings. The number of carbonyl (C=O) groups is 1. The van der Waals surface area contributed by atoms with Gasteiger partial charge in [-0.05, 0) is 49.2 Å². The zero-order valence-electron chi connectivity index (χ0n) is 14.2. The van der Waals surface area contributed by atoms with Gasteiger partial charge in [-0.15, -0.1) is 11.3 Å². The van der Waals surface area contributed by atoms with Gasteiger partial charge >= 0.3 is 6.61 Å². The first-order valence-corrected chi connectivity index (χ1v) is 9.38. The summed E-state index contributed by atoms with van der Waals surface area (Å²) in [5.74, 6) is 0.332. The Morgan fingerprint density at radius 3 is 2.63 bits per heavy atom. The highest BCUT2D eigenvalue weighted by Gasteiger charge is 2.29. The van der Waals surface area contributed by atoms with E-state index in [1.54, 1.807) is 12.1 Å². The monoisotopic (exact) mass is 386 g/mol. The van der Waals surface area contributed by atoms with Crippen molar-refractivity contribution in [3.05, 3.63) is 53.9 Å². The molecule has 4 nitrogen and oxygen atoms in total. The van der Waals surface area contributed by atoms with Gasteiger partial charge in [-0.3, -0.25) is 4.79 Å². The number of anilines is 1. The summed E-state index contributed by atoms with van der Waals surface area (Å²) in [6.07, 6.45) is 1.92. The van der Waals surface area contributed by atoms with Crippen molar-refractivity contribution in [2.75, 3.05) is 5.32 Å². The second kappa shape index (κ2) is 7.44. The van der Waals surface area contributed by atoms with E-state index in [1.165, 1.54) is 23.5 Å². The summed E-state index contributed by atoms with van der Waals surface area (Å²) in [6, 6.07) is 14.0. The van der Waals surface area contributed by atoms with Crippen molar-refractivity contribution in [1.82, 2.24) is 4.98 Å². The number of rotatable bonds is 6. The van der Waals surface area contributed by atoms with Gasteiger partial charge in [0.25, 0.3) is 0 Å². The van der Waals surface area contributed by atoms with Crippen LogP contribution in [0.25, 0.3) is 21.8 Å². The van der Waals surface area contributed by atoms with E-state index in [9.17, 15) is 13.6 Å². The molecular formula is C20H16F2N2O2S. The van der Waals surface area contributed by atoms with Crippen LogP contribution in [-0.4, -0.2) is 17.5 Å². The molecule has 0 aliphatic heterocycles. The van der Waals surface area contributed by atoms with Gasteiger partial charge in [0.2, 0.25) is 5.91 Å². The predicted octanol–water partition coefficient (Wildman–Crippen LogP) is 5.43. The molecule has 0 bridgehead atoms. The fourth-order valence-corrected chi connectivity index (χ4v) is 3.49. The quantitative estimate of drug-likeness (QED) is 0.615. The lowest BCUT2D eigenvalue weighted by molar-refractivity contribution is -0.117. The molecule has 0 radical (unpaired) electrons. The van der Waals surface area contributed by atoms with Crippen molar-refractivity contribution in [2.24, 2.45) is 5.92 Å². The zero-order valence-corrected chi connectivity index (χ0v) is 15.0. The lowest BCUT2D eigenvalue weighted by Gasteiger charge is -2.06. The number of halogens is 2.